The third-order valence-corrected chi connectivity index (χ3v) is 2.12. The van der Waals surface area contributed by atoms with Crippen LogP contribution in [0.3, 0.4) is 0 Å². The molecule has 2 rings (SSSR count). The summed E-state index contributed by atoms with van der Waals surface area (Å²) < 4.78 is 0. The van der Waals surface area contributed by atoms with Crippen LogP contribution in [0.4, 0.5) is 0 Å². The van der Waals surface area contributed by atoms with E-state index in [0.29, 0.717) is 0 Å². The van der Waals surface area contributed by atoms with Gasteiger partial charge in [-0.05, 0) is 6.42 Å². The van der Waals surface area contributed by atoms with Gasteiger partial charge in [0.05, 0.1) is 6.20 Å². The summed E-state index contributed by atoms with van der Waals surface area (Å²) in [5.41, 5.74) is 0.281. The van der Waals surface area contributed by atoms with Crippen LogP contribution in [-0.4, -0.2) is 39.1 Å². The predicted octanol–water partition coefficient (Wildman–Crippen LogP) is -1.08. The Morgan fingerprint density at radius 1 is 1.85 bits per heavy atom. The van der Waals surface area contributed by atoms with E-state index >= 15 is 0 Å². The molecule has 0 aromatic carbocycles. The molecule has 0 aliphatic heterocycles. The molecule has 1 amide bonds. The Hall–Kier alpha value is -1.43. The van der Waals surface area contributed by atoms with Gasteiger partial charge in [-0.3, -0.25) is 4.79 Å². The summed E-state index contributed by atoms with van der Waals surface area (Å²) >= 11 is 0. The number of aliphatic hydroxyl groups excluding tert-OH is 1. The zero-order chi connectivity index (χ0) is 9.26. The molecule has 0 radical (unpaired) electrons. The summed E-state index contributed by atoms with van der Waals surface area (Å²) in [6.07, 6.45) is 2.21. The van der Waals surface area contributed by atoms with Crippen molar-refractivity contribution in [2.75, 3.05) is 6.61 Å². The Labute approximate surface area is 74.3 Å². The molecule has 0 bridgehead atoms. The van der Waals surface area contributed by atoms with E-state index in [1.807, 2.05) is 0 Å². The fraction of sp³-hybridized carbons (Fsp3) is 0.571. The molecule has 3 N–H and O–H groups in total. The SMILES string of the molecule is O=C(NC1CC1CO)c1cn[nH]n1. The summed E-state index contributed by atoms with van der Waals surface area (Å²) in [6.45, 7) is 0.129. The van der Waals surface area contributed by atoms with Gasteiger partial charge in [-0.15, -0.1) is 0 Å². The number of hydrogen-bond donors (Lipinski definition) is 3. The van der Waals surface area contributed by atoms with Crippen LogP contribution in [0, 0.1) is 5.92 Å². The summed E-state index contributed by atoms with van der Waals surface area (Å²) in [6, 6.07) is 0.106. The average Bonchev–Trinajstić information content (AvgIpc) is 2.68. The van der Waals surface area contributed by atoms with Gasteiger partial charge in [0, 0.05) is 18.6 Å². The van der Waals surface area contributed by atoms with Crippen molar-refractivity contribution in [2.45, 2.75) is 12.5 Å². The van der Waals surface area contributed by atoms with Crippen LogP contribution in [0.2, 0.25) is 0 Å². The Kier molecular flexibility index (Phi) is 1.97. The number of aromatic nitrogens is 3. The lowest BCUT2D eigenvalue weighted by Crippen LogP contribution is -2.27. The highest BCUT2D eigenvalue weighted by atomic mass is 16.3. The molecule has 1 fully saturated rings. The lowest BCUT2D eigenvalue weighted by molar-refractivity contribution is 0.0942. The van der Waals surface area contributed by atoms with Crippen LogP contribution < -0.4 is 5.32 Å². The lowest BCUT2D eigenvalue weighted by atomic mass is 10.4. The minimum absolute atomic E-state index is 0.106. The van der Waals surface area contributed by atoms with E-state index < -0.39 is 0 Å². The summed E-state index contributed by atoms with van der Waals surface area (Å²) in [7, 11) is 0. The van der Waals surface area contributed by atoms with Gasteiger partial charge in [-0.2, -0.15) is 15.4 Å². The number of hydrogen-bond acceptors (Lipinski definition) is 4. The van der Waals surface area contributed by atoms with E-state index in [1.165, 1.54) is 6.20 Å². The molecule has 2 atom stereocenters. The van der Waals surface area contributed by atoms with Crippen molar-refractivity contribution in [1.82, 2.24) is 20.7 Å². The van der Waals surface area contributed by atoms with Crippen LogP contribution >= 0.6 is 0 Å². The molecule has 6 heteroatoms. The number of rotatable bonds is 3. The summed E-state index contributed by atoms with van der Waals surface area (Å²) in [4.78, 5) is 11.3. The van der Waals surface area contributed by atoms with Crippen molar-refractivity contribution < 1.29 is 9.90 Å². The summed E-state index contributed by atoms with van der Waals surface area (Å²) in [5.74, 6) is -0.0226. The third-order valence-electron chi connectivity index (χ3n) is 2.12. The van der Waals surface area contributed by atoms with Crippen LogP contribution in [0.1, 0.15) is 16.9 Å². The Balaban J connectivity index is 1.87. The molecule has 1 heterocycles. The Morgan fingerprint density at radius 3 is 3.23 bits per heavy atom. The van der Waals surface area contributed by atoms with E-state index in [2.05, 4.69) is 20.7 Å². The van der Waals surface area contributed by atoms with Crippen LogP contribution in [0.5, 0.6) is 0 Å². The van der Waals surface area contributed by atoms with Crippen LogP contribution in [0.15, 0.2) is 6.20 Å². The zero-order valence-electron chi connectivity index (χ0n) is 6.90. The Bertz CT molecular complexity index is 297. The number of H-pyrrole nitrogens is 1. The molecule has 1 aromatic rings. The number of carbonyl (C=O) groups is 1. The molecule has 6 nitrogen and oxygen atoms in total. The molecule has 0 spiro atoms. The van der Waals surface area contributed by atoms with Crippen molar-refractivity contribution in [3.05, 3.63) is 11.9 Å². The van der Waals surface area contributed by atoms with Gasteiger partial charge in [0.1, 0.15) is 0 Å². The van der Waals surface area contributed by atoms with Crippen molar-refractivity contribution >= 4 is 5.91 Å². The number of aliphatic hydroxyl groups is 1. The standard InChI is InChI=1S/C7H10N4O2/c12-3-4-1-5(4)9-7(13)6-2-8-11-10-6/h2,4-5,12H,1,3H2,(H,9,13)(H,8,10,11). The number of nitrogens with zero attached hydrogens (tertiary/aromatic N) is 2. The van der Waals surface area contributed by atoms with Gasteiger partial charge in [0.2, 0.25) is 0 Å². The molecule has 2 unspecified atom stereocenters. The van der Waals surface area contributed by atoms with E-state index in [-0.39, 0.29) is 30.2 Å². The first kappa shape index (κ1) is 8.18. The first-order chi connectivity index (χ1) is 6.31. The normalized spacial score (nSPS) is 25.6. The Morgan fingerprint density at radius 2 is 2.69 bits per heavy atom. The molecule has 1 aromatic heterocycles. The summed E-state index contributed by atoms with van der Waals surface area (Å²) in [5, 5.41) is 21.0. The molecule has 1 saturated carbocycles. The van der Waals surface area contributed by atoms with Crippen molar-refractivity contribution in [1.29, 1.82) is 0 Å². The van der Waals surface area contributed by atoms with Crippen LogP contribution in [-0.2, 0) is 0 Å². The van der Waals surface area contributed by atoms with Gasteiger partial charge < -0.3 is 10.4 Å². The number of carbonyl (C=O) groups excluding carboxylic acids is 1. The fourth-order valence-corrected chi connectivity index (χ4v) is 1.18. The van der Waals surface area contributed by atoms with Crippen molar-refractivity contribution in [3.8, 4) is 0 Å². The highest BCUT2D eigenvalue weighted by Crippen LogP contribution is 2.29. The monoisotopic (exact) mass is 182 g/mol. The quantitative estimate of drug-likeness (QED) is 0.554. The molecular weight excluding hydrogens is 172 g/mol. The van der Waals surface area contributed by atoms with E-state index in [1.54, 1.807) is 0 Å². The largest absolute Gasteiger partial charge is 0.396 e. The minimum Gasteiger partial charge on any atom is -0.396 e. The van der Waals surface area contributed by atoms with E-state index in [9.17, 15) is 4.79 Å². The number of nitrogens with one attached hydrogen (secondary N) is 2. The van der Waals surface area contributed by atoms with Crippen LogP contribution in [0.25, 0.3) is 0 Å². The van der Waals surface area contributed by atoms with Gasteiger partial charge in [-0.1, -0.05) is 0 Å². The number of amides is 1. The van der Waals surface area contributed by atoms with Gasteiger partial charge in [0.15, 0.2) is 5.69 Å². The highest BCUT2D eigenvalue weighted by molar-refractivity contribution is 5.92. The van der Waals surface area contributed by atoms with Gasteiger partial charge >= 0.3 is 0 Å². The van der Waals surface area contributed by atoms with E-state index in [0.717, 1.165) is 6.42 Å². The lowest BCUT2D eigenvalue weighted by Gasteiger charge is -1.99. The zero-order valence-corrected chi connectivity index (χ0v) is 6.90. The topological polar surface area (TPSA) is 90.9 Å². The average molecular weight is 182 g/mol. The molecule has 0 saturated heterocycles. The molecule has 70 valence electrons. The van der Waals surface area contributed by atoms with Gasteiger partial charge in [-0.25, -0.2) is 0 Å². The predicted molar refractivity (Wildman–Crippen MR) is 42.8 cm³/mol. The highest BCUT2D eigenvalue weighted by Gasteiger charge is 2.37. The maximum absolute atomic E-state index is 11.3. The first-order valence-corrected chi connectivity index (χ1v) is 4.08. The van der Waals surface area contributed by atoms with Crippen molar-refractivity contribution in [2.24, 2.45) is 5.92 Å². The smallest absolute Gasteiger partial charge is 0.273 e. The fourth-order valence-electron chi connectivity index (χ4n) is 1.18. The second-order valence-electron chi connectivity index (χ2n) is 3.11. The maximum Gasteiger partial charge on any atom is 0.273 e. The second kappa shape index (κ2) is 3.14. The molecule has 1 aliphatic carbocycles. The second-order valence-corrected chi connectivity index (χ2v) is 3.11. The molecular formula is C7H10N4O2. The maximum atomic E-state index is 11.3. The first-order valence-electron chi connectivity index (χ1n) is 4.08. The van der Waals surface area contributed by atoms with Crippen molar-refractivity contribution in [3.63, 3.8) is 0 Å². The minimum atomic E-state index is -0.241. The molecule has 1 aliphatic rings. The third kappa shape index (κ3) is 1.67. The number of aromatic amines is 1. The molecule has 13 heavy (non-hydrogen) atoms. The van der Waals surface area contributed by atoms with Gasteiger partial charge in [0.25, 0.3) is 5.91 Å². The van der Waals surface area contributed by atoms with E-state index in [4.69, 9.17) is 5.11 Å².